The number of rotatable bonds is 2. The quantitative estimate of drug-likeness (QED) is 0.816. The van der Waals surface area contributed by atoms with E-state index in [1.54, 1.807) is 0 Å². The Kier molecular flexibility index (Phi) is 2.69. The van der Waals surface area contributed by atoms with Crippen molar-refractivity contribution < 1.29 is 9.86 Å². The molecule has 4 nitrogen and oxygen atoms in total. The molecule has 0 radical (unpaired) electrons. The van der Waals surface area contributed by atoms with Crippen molar-refractivity contribution in [3.05, 3.63) is 40.6 Å². The van der Waals surface area contributed by atoms with Gasteiger partial charge < -0.3 is 10.3 Å². The van der Waals surface area contributed by atoms with Crippen LogP contribution in [-0.2, 0) is 0 Å². The largest absolute Gasteiger partial charge is 0.632 e. The standard InChI is InChI=1S/C15H20N2O2/c1-10(2)8-15(3)9-16(19)13-11-6-4-5-7-12(11)14(18)17(13)15/h4-7,10,13,16H,8-9H2,1-3H3. The highest BCUT2D eigenvalue weighted by molar-refractivity contribution is 5.99. The summed E-state index contributed by atoms with van der Waals surface area (Å²) in [5, 5.41) is 12.5. The zero-order valence-electron chi connectivity index (χ0n) is 11.6. The van der Waals surface area contributed by atoms with E-state index in [4.69, 9.17) is 0 Å². The number of hydroxylamine groups is 2. The van der Waals surface area contributed by atoms with Crippen molar-refractivity contribution in [2.75, 3.05) is 6.54 Å². The molecular formula is C15H20N2O2. The fourth-order valence-electron chi connectivity index (χ4n) is 3.80. The summed E-state index contributed by atoms with van der Waals surface area (Å²) in [6, 6.07) is 7.51. The molecule has 102 valence electrons. The Morgan fingerprint density at radius 3 is 2.84 bits per heavy atom. The van der Waals surface area contributed by atoms with Gasteiger partial charge in [-0.15, -0.1) is 0 Å². The minimum Gasteiger partial charge on any atom is -0.632 e. The molecule has 1 amide bonds. The van der Waals surface area contributed by atoms with Crippen molar-refractivity contribution in [3.8, 4) is 0 Å². The predicted molar refractivity (Wildman–Crippen MR) is 72.4 cm³/mol. The Balaban J connectivity index is 2.05. The Morgan fingerprint density at radius 2 is 2.16 bits per heavy atom. The average Bonchev–Trinajstić information content (AvgIpc) is 2.75. The molecule has 3 atom stereocenters. The third-order valence-electron chi connectivity index (χ3n) is 4.25. The van der Waals surface area contributed by atoms with Crippen LogP contribution in [0.3, 0.4) is 0 Å². The van der Waals surface area contributed by atoms with Crippen molar-refractivity contribution >= 4 is 5.91 Å². The lowest BCUT2D eigenvalue weighted by atomic mass is 9.90. The van der Waals surface area contributed by atoms with E-state index in [2.05, 4.69) is 20.8 Å². The Hall–Kier alpha value is -1.39. The van der Waals surface area contributed by atoms with E-state index < -0.39 is 0 Å². The van der Waals surface area contributed by atoms with E-state index in [0.29, 0.717) is 18.0 Å². The number of benzene rings is 1. The first-order chi connectivity index (χ1) is 8.94. The average molecular weight is 260 g/mol. The number of hydrogen-bond donors (Lipinski definition) is 1. The van der Waals surface area contributed by atoms with Crippen LogP contribution in [0.1, 0.15) is 49.3 Å². The van der Waals surface area contributed by atoms with Gasteiger partial charge in [-0.05, 0) is 25.3 Å². The van der Waals surface area contributed by atoms with Crippen molar-refractivity contribution in [2.45, 2.75) is 38.9 Å². The summed E-state index contributed by atoms with van der Waals surface area (Å²) in [5.74, 6) is 0.489. The van der Waals surface area contributed by atoms with Gasteiger partial charge in [0.25, 0.3) is 5.91 Å². The highest BCUT2D eigenvalue weighted by atomic mass is 16.5. The monoisotopic (exact) mass is 260 g/mol. The molecule has 3 unspecified atom stereocenters. The second-order valence-corrected chi connectivity index (χ2v) is 6.40. The van der Waals surface area contributed by atoms with Crippen LogP contribution in [0.2, 0.25) is 0 Å². The second kappa shape index (κ2) is 4.05. The lowest BCUT2D eigenvalue weighted by Gasteiger charge is -2.32. The molecule has 0 aliphatic carbocycles. The Bertz CT molecular complexity index is 529. The zero-order chi connectivity index (χ0) is 13.8. The molecule has 2 aliphatic heterocycles. The topological polar surface area (TPSA) is 47.8 Å². The summed E-state index contributed by atoms with van der Waals surface area (Å²) >= 11 is 0. The van der Waals surface area contributed by atoms with Crippen LogP contribution >= 0.6 is 0 Å². The van der Waals surface area contributed by atoms with E-state index in [0.717, 1.165) is 12.0 Å². The SMILES string of the molecule is CC(C)CC1(C)C[NH+]([O-])C2c3ccccc3C(=O)N21. The van der Waals surface area contributed by atoms with Gasteiger partial charge in [-0.3, -0.25) is 9.69 Å². The maximum absolute atomic E-state index is 12.6. The molecular weight excluding hydrogens is 240 g/mol. The molecule has 1 aromatic rings. The predicted octanol–water partition coefficient (Wildman–Crippen LogP) is 1.34. The van der Waals surface area contributed by atoms with E-state index in [1.165, 1.54) is 0 Å². The summed E-state index contributed by atoms with van der Waals surface area (Å²) in [6.45, 7) is 6.80. The highest BCUT2D eigenvalue weighted by Gasteiger charge is 2.56. The molecule has 1 aromatic carbocycles. The Labute approximate surface area is 113 Å². The molecule has 0 saturated carbocycles. The van der Waals surface area contributed by atoms with Crippen LogP contribution in [0.15, 0.2) is 24.3 Å². The van der Waals surface area contributed by atoms with Gasteiger partial charge in [0, 0.05) is 5.56 Å². The third-order valence-corrected chi connectivity index (χ3v) is 4.25. The smallest absolute Gasteiger partial charge is 0.259 e. The van der Waals surface area contributed by atoms with Gasteiger partial charge in [0.1, 0.15) is 6.54 Å². The van der Waals surface area contributed by atoms with Crippen LogP contribution in [0, 0.1) is 11.1 Å². The molecule has 0 bridgehead atoms. The first-order valence-corrected chi connectivity index (χ1v) is 6.89. The van der Waals surface area contributed by atoms with Crippen LogP contribution in [0.4, 0.5) is 0 Å². The van der Waals surface area contributed by atoms with Crippen molar-refractivity contribution in [2.24, 2.45) is 5.92 Å². The molecule has 2 aliphatic rings. The van der Waals surface area contributed by atoms with Crippen molar-refractivity contribution in [3.63, 3.8) is 0 Å². The molecule has 1 fully saturated rings. The number of fused-ring (bicyclic) bond motifs is 3. The number of nitrogens with zero attached hydrogens (tertiary/aromatic N) is 1. The van der Waals surface area contributed by atoms with Gasteiger partial charge in [-0.25, -0.2) is 0 Å². The number of nitrogens with one attached hydrogen (secondary N) is 1. The summed E-state index contributed by atoms with van der Waals surface area (Å²) < 4.78 is 0. The molecule has 0 aromatic heterocycles. The van der Waals surface area contributed by atoms with Gasteiger partial charge >= 0.3 is 0 Å². The number of quaternary nitrogens is 1. The minimum absolute atomic E-state index is 0.0228. The van der Waals surface area contributed by atoms with E-state index in [1.807, 2.05) is 29.2 Å². The molecule has 2 heterocycles. The molecule has 1 N–H and O–H groups in total. The maximum atomic E-state index is 12.6. The molecule has 1 saturated heterocycles. The normalized spacial score (nSPS) is 32.9. The fraction of sp³-hybridized carbons (Fsp3) is 0.533. The number of carbonyl (C=O) groups excluding carboxylic acids is 1. The van der Waals surface area contributed by atoms with Crippen LogP contribution in [0.25, 0.3) is 0 Å². The van der Waals surface area contributed by atoms with Crippen LogP contribution < -0.4 is 5.06 Å². The van der Waals surface area contributed by atoms with Gasteiger partial charge in [-0.2, -0.15) is 0 Å². The van der Waals surface area contributed by atoms with Gasteiger partial charge in [-0.1, -0.05) is 32.0 Å². The Morgan fingerprint density at radius 1 is 1.47 bits per heavy atom. The first kappa shape index (κ1) is 12.6. The van der Waals surface area contributed by atoms with Crippen LogP contribution in [0.5, 0.6) is 0 Å². The summed E-state index contributed by atoms with van der Waals surface area (Å²) in [5.41, 5.74) is 1.27. The maximum Gasteiger partial charge on any atom is 0.259 e. The molecule has 4 heteroatoms. The molecule has 0 spiro atoms. The second-order valence-electron chi connectivity index (χ2n) is 6.40. The minimum atomic E-state index is -0.340. The first-order valence-electron chi connectivity index (χ1n) is 6.89. The van der Waals surface area contributed by atoms with E-state index >= 15 is 0 Å². The van der Waals surface area contributed by atoms with E-state index in [9.17, 15) is 10.0 Å². The molecule has 3 rings (SSSR count). The number of hydrogen-bond acceptors (Lipinski definition) is 2. The zero-order valence-corrected chi connectivity index (χ0v) is 11.6. The fourth-order valence-corrected chi connectivity index (χ4v) is 3.80. The highest BCUT2D eigenvalue weighted by Crippen LogP contribution is 2.40. The lowest BCUT2D eigenvalue weighted by molar-refractivity contribution is -0.874. The number of amides is 1. The van der Waals surface area contributed by atoms with Gasteiger partial charge in [0.05, 0.1) is 11.1 Å². The van der Waals surface area contributed by atoms with Crippen molar-refractivity contribution in [1.82, 2.24) is 4.90 Å². The summed E-state index contributed by atoms with van der Waals surface area (Å²) in [4.78, 5) is 14.4. The third kappa shape index (κ3) is 1.70. The van der Waals surface area contributed by atoms with E-state index in [-0.39, 0.29) is 22.7 Å². The van der Waals surface area contributed by atoms with Gasteiger partial charge in [0.2, 0.25) is 0 Å². The summed E-state index contributed by atoms with van der Waals surface area (Å²) in [6.07, 6.45) is 0.530. The lowest BCUT2D eigenvalue weighted by Crippen LogP contribution is -3.06. The van der Waals surface area contributed by atoms with Crippen molar-refractivity contribution in [1.29, 1.82) is 0 Å². The summed E-state index contributed by atoms with van der Waals surface area (Å²) in [7, 11) is 0. The van der Waals surface area contributed by atoms with Gasteiger partial charge in [0.15, 0.2) is 6.17 Å². The van der Waals surface area contributed by atoms with Crippen LogP contribution in [-0.4, -0.2) is 22.9 Å². The number of carbonyl (C=O) groups is 1. The molecule has 19 heavy (non-hydrogen) atoms.